The number of hydrogen-bond donors (Lipinski definition) is 1. The molecule has 2 N–H and O–H groups in total. The van der Waals surface area contributed by atoms with Gasteiger partial charge in [-0.3, -0.25) is 4.90 Å². The van der Waals surface area contributed by atoms with Gasteiger partial charge in [0.05, 0.1) is 0 Å². The van der Waals surface area contributed by atoms with Crippen LogP contribution < -0.4 is 5.73 Å². The molecule has 2 aliphatic rings. The number of rotatable bonds is 5. The fraction of sp³-hybridized carbons (Fsp3) is 1.00. The highest BCUT2D eigenvalue weighted by Gasteiger charge is 2.32. The number of nitrogens with zero attached hydrogens (tertiary/aromatic N) is 1. The maximum absolute atomic E-state index is 5.78. The summed E-state index contributed by atoms with van der Waals surface area (Å²) < 4.78 is 0. The minimum Gasteiger partial charge on any atom is -0.329 e. The second-order valence-electron chi connectivity index (χ2n) is 5.71. The lowest BCUT2D eigenvalue weighted by molar-refractivity contribution is 0.0495. The van der Waals surface area contributed by atoms with Crippen LogP contribution >= 0.6 is 0 Å². The van der Waals surface area contributed by atoms with Gasteiger partial charge in [-0.05, 0) is 31.6 Å². The summed E-state index contributed by atoms with van der Waals surface area (Å²) in [5.74, 6) is 0.985. The molecule has 2 heteroatoms. The Kier molecular flexibility index (Phi) is 4.66. The molecule has 16 heavy (non-hydrogen) atoms. The van der Waals surface area contributed by atoms with E-state index in [0.717, 1.165) is 31.1 Å². The van der Waals surface area contributed by atoms with Crippen LogP contribution in [0.15, 0.2) is 0 Å². The molecule has 2 unspecified atom stereocenters. The van der Waals surface area contributed by atoms with Crippen molar-refractivity contribution in [1.29, 1.82) is 0 Å². The molecule has 2 rings (SSSR count). The molecule has 2 aliphatic carbocycles. The SMILES string of the molecule is CCC1CCCC(N(CCN)C2CCC2)C1. The molecule has 2 fully saturated rings. The minimum atomic E-state index is 0.837. The van der Waals surface area contributed by atoms with Gasteiger partial charge >= 0.3 is 0 Å². The van der Waals surface area contributed by atoms with Crippen LogP contribution in [0.5, 0.6) is 0 Å². The van der Waals surface area contributed by atoms with Crippen molar-refractivity contribution < 1.29 is 0 Å². The standard InChI is InChI=1S/C14H28N2/c1-2-12-5-3-8-14(11-12)16(10-9-15)13-6-4-7-13/h12-14H,2-11,15H2,1H3. The predicted molar refractivity (Wildman–Crippen MR) is 69.4 cm³/mol. The van der Waals surface area contributed by atoms with Crippen molar-refractivity contribution in [3.8, 4) is 0 Å². The second kappa shape index (κ2) is 6.02. The summed E-state index contributed by atoms with van der Waals surface area (Å²) in [6.07, 6.45) is 11.4. The van der Waals surface area contributed by atoms with Crippen molar-refractivity contribution in [2.24, 2.45) is 11.7 Å². The van der Waals surface area contributed by atoms with Gasteiger partial charge in [-0.1, -0.05) is 32.6 Å². The molecular formula is C14H28N2. The van der Waals surface area contributed by atoms with Gasteiger partial charge in [0.15, 0.2) is 0 Å². The van der Waals surface area contributed by atoms with Crippen LogP contribution in [0.4, 0.5) is 0 Å². The summed E-state index contributed by atoms with van der Waals surface area (Å²) in [6.45, 7) is 4.32. The Hall–Kier alpha value is -0.0800. The average molecular weight is 224 g/mol. The van der Waals surface area contributed by atoms with E-state index >= 15 is 0 Å². The van der Waals surface area contributed by atoms with E-state index < -0.39 is 0 Å². The molecule has 2 saturated carbocycles. The molecule has 0 spiro atoms. The normalized spacial score (nSPS) is 31.7. The summed E-state index contributed by atoms with van der Waals surface area (Å²) in [6, 6.07) is 1.73. The van der Waals surface area contributed by atoms with Crippen LogP contribution in [0.3, 0.4) is 0 Å². The number of hydrogen-bond acceptors (Lipinski definition) is 2. The van der Waals surface area contributed by atoms with E-state index in [-0.39, 0.29) is 0 Å². The minimum absolute atomic E-state index is 0.837. The van der Waals surface area contributed by atoms with Crippen LogP contribution in [0, 0.1) is 5.92 Å². The molecule has 0 bridgehead atoms. The third kappa shape index (κ3) is 2.78. The lowest BCUT2D eigenvalue weighted by Gasteiger charge is -2.45. The lowest BCUT2D eigenvalue weighted by atomic mass is 9.81. The van der Waals surface area contributed by atoms with Gasteiger partial charge in [-0.15, -0.1) is 0 Å². The van der Waals surface area contributed by atoms with Crippen molar-refractivity contribution in [2.75, 3.05) is 13.1 Å². The first-order valence-electron chi connectivity index (χ1n) is 7.31. The first-order valence-corrected chi connectivity index (χ1v) is 7.31. The van der Waals surface area contributed by atoms with Crippen molar-refractivity contribution >= 4 is 0 Å². The van der Waals surface area contributed by atoms with Gasteiger partial charge in [0.1, 0.15) is 0 Å². The Labute approximate surface area is 101 Å². The van der Waals surface area contributed by atoms with E-state index in [1.54, 1.807) is 0 Å². The van der Waals surface area contributed by atoms with Gasteiger partial charge in [0.2, 0.25) is 0 Å². The molecule has 0 aliphatic heterocycles. The smallest absolute Gasteiger partial charge is 0.0110 e. The molecule has 94 valence electrons. The Balaban J connectivity index is 1.90. The van der Waals surface area contributed by atoms with E-state index in [1.165, 1.54) is 51.4 Å². The summed E-state index contributed by atoms with van der Waals surface area (Å²) in [5.41, 5.74) is 5.78. The van der Waals surface area contributed by atoms with Crippen LogP contribution in [-0.2, 0) is 0 Å². The lowest BCUT2D eigenvalue weighted by Crippen LogP contribution is -2.50. The molecule has 2 atom stereocenters. The first-order chi connectivity index (χ1) is 7.85. The Bertz CT molecular complexity index is 201. The number of nitrogens with two attached hydrogens (primary N) is 1. The first kappa shape index (κ1) is 12.4. The highest BCUT2D eigenvalue weighted by atomic mass is 15.2. The van der Waals surface area contributed by atoms with E-state index in [0.29, 0.717) is 0 Å². The third-order valence-corrected chi connectivity index (χ3v) is 4.73. The molecule has 0 aromatic heterocycles. The summed E-state index contributed by atoms with van der Waals surface area (Å²) >= 11 is 0. The molecule has 0 heterocycles. The third-order valence-electron chi connectivity index (χ3n) is 4.73. The van der Waals surface area contributed by atoms with Crippen LogP contribution in [0.25, 0.3) is 0 Å². The van der Waals surface area contributed by atoms with Gasteiger partial charge < -0.3 is 5.73 Å². The topological polar surface area (TPSA) is 29.3 Å². The summed E-state index contributed by atoms with van der Waals surface area (Å²) in [7, 11) is 0. The molecule has 0 amide bonds. The van der Waals surface area contributed by atoms with Crippen molar-refractivity contribution in [3.05, 3.63) is 0 Å². The van der Waals surface area contributed by atoms with E-state index in [1.807, 2.05) is 0 Å². The Morgan fingerprint density at radius 2 is 1.75 bits per heavy atom. The fourth-order valence-electron chi connectivity index (χ4n) is 3.47. The highest BCUT2D eigenvalue weighted by molar-refractivity contribution is 4.88. The quantitative estimate of drug-likeness (QED) is 0.778. The Morgan fingerprint density at radius 3 is 2.31 bits per heavy atom. The predicted octanol–water partition coefficient (Wildman–Crippen LogP) is 2.77. The second-order valence-corrected chi connectivity index (χ2v) is 5.71. The molecular weight excluding hydrogens is 196 g/mol. The van der Waals surface area contributed by atoms with E-state index in [2.05, 4.69) is 11.8 Å². The average Bonchev–Trinajstić information content (AvgIpc) is 2.26. The van der Waals surface area contributed by atoms with Crippen molar-refractivity contribution in [1.82, 2.24) is 4.90 Å². The Morgan fingerprint density at radius 1 is 1.06 bits per heavy atom. The largest absolute Gasteiger partial charge is 0.329 e. The van der Waals surface area contributed by atoms with Crippen molar-refractivity contribution in [2.45, 2.75) is 70.4 Å². The molecule has 2 nitrogen and oxygen atoms in total. The zero-order valence-electron chi connectivity index (χ0n) is 10.8. The van der Waals surface area contributed by atoms with E-state index in [9.17, 15) is 0 Å². The van der Waals surface area contributed by atoms with Gasteiger partial charge in [0.25, 0.3) is 0 Å². The van der Waals surface area contributed by atoms with Gasteiger partial charge in [-0.2, -0.15) is 0 Å². The zero-order chi connectivity index (χ0) is 11.4. The molecule has 0 aromatic carbocycles. The summed E-state index contributed by atoms with van der Waals surface area (Å²) in [5, 5.41) is 0. The monoisotopic (exact) mass is 224 g/mol. The van der Waals surface area contributed by atoms with E-state index in [4.69, 9.17) is 5.73 Å². The maximum atomic E-state index is 5.78. The summed E-state index contributed by atoms with van der Waals surface area (Å²) in [4.78, 5) is 2.76. The van der Waals surface area contributed by atoms with Crippen LogP contribution in [0.1, 0.15) is 58.3 Å². The van der Waals surface area contributed by atoms with Crippen LogP contribution in [-0.4, -0.2) is 30.1 Å². The zero-order valence-corrected chi connectivity index (χ0v) is 10.8. The van der Waals surface area contributed by atoms with Crippen LogP contribution in [0.2, 0.25) is 0 Å². The molecule has 0 aromatic rings. The van der Waals surface area contributed by atoms with Crippen molar-refractivity contribution in [3.63, 3.8) is 0 Å². The molecule has 0 saturated heterocycles. The van der Waals surface area contributed by atoms with Gasteiger partial charge in [0, 0.05) is 25.2 Å². The molecule has 0 radical (unpaired) electrons. The highest BCUT2D eigenvalue weighted by Crippen LogP contribution is 2.34. The fourth-order valence-corrected chi connectivity index (χ4v) is 3.47. The van der Waals surface area contributed by atoms with Gasteiger partial charge in [-0.25, -0.2) is 0 Å². The maximum Gasteiger partial charge on any atom is 0.0110 e.